The molecule has 0 spiro atoms. The van der Waals surface area contributed by atoms with Crippen molar-refractivity contribution in [3.8, 4) is 16.9 Å². The minimum absolute atomic E-state index is 0.160. The summed E-state index contributed by atoms with van der Waals surface area (Å²) in [5.41, 5.74) is 4.36. The Bertz CT molecular complexity index is 1090. The van der Waals surface area contributed by atoms with Gasteiger partial charge in [-0.1, -0.05) is 24.3 Å². The molecule has 0 bridgehead atoms. The van der Waals surface area contributed by atoms with Crippen LogP contribution < -0.4 is 5.32 Å². The number of hydrogen-bond donors (Lipinski definition) is 1. The third kappa shape index (κ3) is 4.22. The lowest BCUT2D eigenvalue weighted by Gasteiger charge is -2.14. The van der Waals surface area contributed by atoms with E-state index in [0.717, 1.165) is 28.6 Å². The normalized spacial score (nSPS) is 12.1. The molecule has 0 aliphatic heterocycles. The second-order valence-corrected chi connectivity index (χ2v) is 6.80. The Hall–Kier alpha value is -3.38. The topological polar surface area (TPSA) is 42.7 Å². The van der Waals surface area contributed by atoms with Crippen LogP contribution in [0.25, 0.3) is 16.9 Å². The predicted molar refractivity (Wildman–Crippen MR) is 108 cm³/mol. The second-order valence-electron chi connectivity index (χ2n) is 6.80. The lowest BCUT2D eigenvalue weighted by Crippen LogP contribution is -2.18. The fraction of sp³-hybridized carbons (Fsp3) is 0.130. The number of pyridine rings is 1. The lowest BCUT2D eigenvalue weighted by atomic mass is 10.1. The Morgan fingerprint density at radius 3 is 2.55 bits per heavy atom. The molecule has 1 N–H and O–H groups in total. The number of halogens is 2. The van der Waals surface area contributed by atoms with Gasteiger partial charge < -0.3 is 5.32 Å². The molecule has 0 aliphatic rings. The summed E-state index contributed by atoms with van der Waals surface area (Å²) in [6.45, 7) is 2.43. The molecule has 2 aromatic carbocycles. The lowest BCUT2D eigenvalue weighted by molar-refractivity contribution is 0.500. The highest BCUT2D eigenvalue weighted by Crippen LogP contribution is 2.24. The smallest absolute Gasteiger partial charge is 0.159 e. The summed E-state index contributed by atoms with van der Waals surface area (Å²) in [7, 11) is 0. The predicted octanol–water partition coefficient (Wildman–Crippen LogP) is 5.06. The van der Waals surface area contributed by atoms with Gasteiger partial charge in [-0.05, 0) is 48.9 Å². The first-order valence-electron chi connectivity index (χ1n) is 9.34. The Kier molecular flexibility index (Phi) is 5.44. The van der Waals surface area contributed by atoms with Gasteiger partial charge in [0.1, 0.15) is 0 Å². The van der Waals surface area contributed by atoms with Gasteiger partial charge in [-0.3, -0.25) is 4.98 Å². The van der Waals surface area contributed by atoms with Crippen LogP contribution in [0.15, 0.2) is 79.3 Å². The van der Waals surface area contributed by atoms with E-state index in [4.69, 9.17) is 5.10 Å². The molecule has 2 aromatic heterocycles. The minimum Gasteiger partial charge on any atom is -0.306 e. The molecular weight excluding hydrogens is 370 g/mol. The summed E-state index contributed by atoms with van der Waals surface area (Å²) in [5, 5.41) is 8.13. The SMILES string of the molecule is C[C@H](NCc1cn(-c2ccccc2)nc1-c1cccnc1)c1ccc(F)c(F)c1. The van der Waals surface area contributed by atoms with Crippen LogP contribution in [0, 0.1) is 11.6 Å². The number of aromatic nitrogens is 3. The van der Waals surface area contributed by atoms with Gasteiger partial charge in [0.15, 0.2) is 11.6 Å². The van der Waals surface area contributed by atoms with Crippen molar-refractivity contribution in [3.05, 3.63) is 102 Å². The van der Waals surface area contributed by atoms with Gasteiger partial charge in [-0.25, -0.2) is 13.5 Å². The Morgan fingerprint density at radius 2 is 1.83 bits per heavy atom. The summed E-state index contributed by atoms with van der Waals surface area (Å²) in [4.78, 5) is 4.20. The summed E-state index contributed by atoms with van der Waals surface area (Å²) in [6.07, 6.45) is 5.48. The summed E-state index contributed by atoms with van der Waals surface area (Å²) in [5.74, 6) is -1.69. The highest BCUT2D eigenvalue weighted by atomic mass is 19.2. The van der Waals surface area contributed by atoms with E-state index in [2.05, 4.69) is 10.3 Å². The molecule has 0 fully saturated rings. The molecule has 6 heteroatoms. The molecule has 0 unspecified atom stereocenters. The Balaban J connectivity index is 1.61. The maximum absolute atomic E-state index is 13.6. The van der Waals surface area contributed by atoms with Gasteiger partial charge in [0.2, 0.25) is 0 Å². The molecule has 0 saturated heterocycles. The van der Waals surface area contributed by atoms with Crippen LogP contribution in [-0.4, -0.2) is 14.8 Å². The van der Waals surface area contributed by atoms with E-state index >= 15 is 0 Å². The van der Waals surface area contributed by atoms with E-state index in [-0.39, 0.29) is 6.04 Å². The van der Waals surface area contributed by atoms with Crippen molar-refractivity contribution in [2.45, 2.75) is 19.5 Å². The number of para-hydroxylation sites is 1. The van der Waals surface area contributed by atoms with Crippen LogP contribution >= 0.6 is 0 Å². The monoisotopic (exact) mass is 390 g/mol. The van der Waals surface area contributed by atoms with Gasteiger partial charge in [0.25, 0.3) is 0 Å². The van der Waals surface area contributed by atoms with Crippen molar-refractivity contribution in [1.82, 2.24) is 20.1 Å². The molecule has 1 atom stereocenters. The quantitative estimate of drug-likeness (QED) is 0.500. The first-order valence-corrected chi connectivity index (χ1v) is 9.34. The summed E-state index contributed by atoms with van der Waals surface area (Å²) in [6, 6.07) is 17.5. The number of benzene rings is 2. The Labute approximate surface area is 167 Å². The van der Waals surface area contributed by atoms with Crippen LogP contribution in [0.3, 0.4) is 0 Å². The van der Waals surface area contributed by atoms with Gasteiger partial charge in [-0.15, -0.1) is 0 Å². The fourth-order valence-electron chi connectivity index (χ4n) is 3.16. The Morgan fingerprint density at radius 1 is 1.00 bits per heavy atom. The first kappa shape index (κ1) is 19.0. The highest BCUT2D eigenvalue weighted by Gasteiger charge is 2.15. The maximum atomic E-state index is 13.6. The van der Waals surface area contributed by atoms with Gasteiger partial charge in [0, 0.05) is 42.3 Å². The molecule has 0 aliphatic carbocycles. The largest absolute Gasteiger partial charge is 0.306 e. The van der Waals surface area contributed by atoms with Crippen molar-refractivity contribution in [3.63, 3.8) is 0 Å². The molecule has 4 rings (SSSR count). The summed E-state index contributed by atoms with van der Waals surface area (Å²) >= 11 is 0. The van der Waals surface area contributed by atoms with E-state index in [1.165, 1.54) is 6.07 Å². The standard InChI is InChI=1S/C23H20F2N4/c1-16(17-9-10-21(24)22(25)12-17)27-14-19-15-29(20-7-3-2-4-8-20)28-23(19)18-6-5-11-26-13-18/h2-13,15-16,27H,14H2,1H3/t16-/m0/s1. The van der Waals surface area contributed by atoms with E-state index in [0.29, 0.717) is 12.1 Å². The molecule has 29 heavy (non-hydrogen) atoms. The molecule has 0 radical (unpaired) electrons. The van der Waals surface area contributed by atoms with Crippen LogP contribution in [0.5, 0.6) is 0 Å². The average molecular weight is 390 g/mol. The van der Waals surface area contributed by atoms with Crippen molar-refractivity contribution in [2.75, 3.05) is 0 Å². The van der Waals surface area contributed by atoms with Crippen molar-refractivity contribution in [1.29, 1.82) is 0 Å². The fourth-order valence-corrected chi connectivity index (χ4v) is 3.16. The molecule has 0 saturated carbocycles. The van der Waals surface area contributed by atoms with E-state index in [1.54, 1.807) is 18.5 Å². The molecule has 2 heterocycles. The van der Waals surface area contributed by atoms with Crippen LogP contribution in [-0.2, 0) is 6.54 Å². The van der Waals surface area contributed by atoms with Crippen LogP contribution in [0.4, 0.5) is 8.78 Å². The third-order valence-electron chi connectivity index (χ3n) is 4.79. The van der Waals surface area contributed by atoms with Gasteiger partial charge >= 0.3 is 0 Å². The average Bonchev–Trinajstić information content (AvgIpc) is 3.19. The van der Waals surface area contributed by atoms with Crippen molar-refractivity contribution in [2.24, 2.45) is 0 Å². The molecule has 0 amide bonds. The van der Waals surface area contributed by atoms with Gasteiger partial charge in [-0.2, -0.15) is 5.10 Å². The number of hydrogen-bond acceptors (Lipinski definition) is 3. The molecule has 4 aromatic rings. The highest BCUT2D eigenvalue weighted by molar-refractivity contribution is 5.62. The van der Waals surface area contributed by atoms with E-state index in [9.17, 15) is 8.78 Å². The van der Waals surface area contributed by atoms with Gasteiger partial charge in [0.05, 0.1) is 11.4 Å². The van der Waals surface area contributed by atoms with E-state index < -0.39 is 11.6 Å². The number of rotatable bonds is 6. The molecular formula is C23H20F2N4. The molecule has 4 nitrogen and oxygen atoms in total. The maximum Gasteiger partial charge on any atom is 0.159 e. The molecule has 146 valence electrons. The number of nitrogens with one attached hydrogen (secondary N) is 1. The zero-order chi connectivity index (χ0) is 20.2. The van der Waals surface area contributed by atoms with Crippen molar-refractivity contribution >= 4 is 0 Å². The van der Waals surface area contributed by atoms with Crippen LogP contribution in [0.2, 0.25) is 0 Å². The number of nitrogens with zero attached hydrogens (tertiary/aromatic N) is 3. The summed E-state index contributed by atoms with van der Waals surface area (Å²) < 4.78 is 28.6. The van der Waals surface area contributed by atoms with Crippen molar-refractivity contribution < 1.29 is 8.78 Å². The van der Waals surface area contributed by atoms with E-state index in [1.807, 2.05) is 60.3 Å². The second kappa shape index (κ2) is 8.32. The zero-order valence-corrected chi connectivity index (χ0v) is 15.9. The third-order valence-corrected chi connectivity index (χ3v) is 4.79. The van der Waals surface area contributed by atoms with Crippen LogP contribution in [0.1, 0.15) is 24.1 Å². The first-order chi connectivity index (χ1) is 14.1. The zero-order valence-electron chi connectivity index (χ0n) is 15.9. The minimum atomic E-state index is -0.844.